The molecule has 0 bridgehead atoms. The summed E-state index contributed by atoms with van der Waals surface area (Å²) in [6.45, 7) is -1.08. The Kier molecular flexibility index (Phi) is 20.3. The Bertz CT molecular complexity index is 2320. The average molecular weight is 852 g/mol. The van der Waals surface area contributed by atoms with Crippen LogP contribution in [0.2, 0.25) is 0 Å². The molecule has 1 aromatic heterocycles. The Hall–Kier alpha value is -1.82. The number of phenols is 1. The van der Waals surface area contributed by atoms with Crippen molar-refractivity contribution in [3.63, 3.8) is 0 Å². The van der Waals surface area contributed by atoms with Crippen LogP contribution in [0.15, 0.2) is 62.5 Å². The first-order chi connectivity index (χ1) is 24.3. The number of aliphatic hydroxyl groups is 2. The number of benzene rings is 3. The van der Waals surface area contributed by atoms with Crippen molar-refractivity contribution in [2.75, 3.05) is 73.1 Å². The van der Waals surface area contributed by atoms with E-state index in [2.05, 4.69) is 35.8 Å². The summed E-state index contributed by atoms with van der Waals surface area (Å²) >= 11 is 0. The minimum absolute atomic E-state index is 0. The molecule has 5 N–H and O–H groups in total. The molecule has 0 aliphatic rings. The third-order valence-electron chi connectivity index (χ3n) is 7.18. The van der Waals surface area contributed by atoms with Crippen molar-refractivity contribution in [3.05, 3.63) is 48.0 Å². The van der Waals surface area contributed by atoms with E-state index in [1.807, 2.05) is 0 Å². The maximum absolute atomic E-state index is 12.2. The molecule has 1 heterocycles. The number of anilines is 4. The zero-order valence-corrected chi connectivity index (χ0v) is 38.8. The molecule has 0 radical (unpaired) electrons. The third-order valence-corrected chi connectivity index (χ3v) is 9.58. The van der Waals surface area contributed by atoms with E-state index in [0.717, 1.165) is 18.2 Å². The van der Waals surface area contributed by atoms with Crippen molar-refractivity contribution in [2.24, 2.45) is 10.2 Å². The van der Waals surface area contributed by atoms with Crippen LogP contribution in [-0.4, -0.2) is 122 Å². The van der Waals surface area contributed by atoms with Gasteiger partial charge in [0, 0.05) is 40.3 Å². The molecule has 27 heteroatoms. The van der Waals surface area contributed by atoms with Crippen LogP contribution >= 0.6 is 0 Å². The molecule has 0 amide bonds. The largest absolute Gasteiger partial charge is 1.00 e. The number of aromatic nitrogens is 3. The molecule has 0 saturated heterocycles. The molecule has 4 aromatic rings. The van der Waals surface area contributed by atoms with Crippen molar-refractivity contribution in [1.29, 1.82) is 0 Å². The number of azo groups is 1. The second-order valence-electron chi connectivity index (χ2n) is 10.9. The number of aromatic hydroxyl groups is 1. The smallest absolute Gasteiger partial charge is 0.748 e. The molecule has 21 nitrogen and oxygen atoms in total. The van der Waals surface area contributed by atoms with Crippen LogP contribution in [0.4, 0.5) is 34.9 Å². The molecule has 0 aliphatic carbocycles. The predicted octanol–water partition coefficient (Wildman–Crippen LogP) is -8.61. The number of phenolic OH excluding ortho intramolecular Hbond substituents is 1. The Morgan fingerprint density at radius 3 is 2.02 bits per heavy atom. The zero-order valence-electron chi connectivity index (χ0n) is 30.4. The van der Waals surface area contributed by atoms with Gasteiger partial charge in [0.05, 0.1) is 49.9 Å². The Morgan fingerprint density at radius 2 is 1.45 bits per heavy atom. The van der Waals surface area contributed by atoms with Gasteiger partial charge < -0.3 is 49.4 Å². The molecular formula is C28H32N9Na3O12S3. The van der Waals surface area contributed by atoms with Crippen LogP contribution in [0.1, 0.15) is 5.56 Å². The number of hydrogen-bond donors (Lipinski definition) is 5. The van der Waals surface area contributed by atoms with Gasteiger partial charge in [0.2, 0.25) is 17.8 Å². The van der Waals surface area contributed by atoms with Gasteiger partial charge in [-0.2, -0.15) is 15.0 Å². The van der Waals surface area contributed by atoms with Crippen molar-refractivity contribution >= 4 is 76.0 Å². The van der Waals surface area contributed by atoms with E-state index >= 15 is 0 Å². The van der Waals surface area contributed by atoms with Crippen LogP contribution < -0.4 is 109 Å². The first-order valence-electron chi connectivity index (χ1n) is 14.9. The molecule has 0 saturated carbocycles. The van der Waals surface area contributed by atoms with E-state index in [1.165, 1.54) is 48.2 Å². The summed E-state index contributed by atoms with van der Waals surface area (Å²) in [6.07, 6.45) is 0. The third kappa shape index (κ3) is 14.2. The first kappa shape index (κ1) is 51.2. The maximum atomic E-state index is 12.2. The minimum atomic E-state index is -5.11. The number of nitrogens with zero attached hydrogens (tertiary/aromatic N) is 7. The van der Waals surface area contributed by atoms with Crippen LogP contribution in [0, 0.1) is 0 Å². The van der Waals surface area contributed by atoms with Crippen LogP contribution in [0.5, 0.6) is 5.75 Å². The van der Waals surface area contributed by atoms with Crippen molar-refractivity contribution in [2.45, 2.75) is 16.3 Å². The fourth-order valence-corrected chi connectivity index (χ4v) is 6.30. The van der Waals surface area contributed by atoms with Gasteiger partial charge in [-0.3, -0.25) is 0 Å². The normalized spacial score (nSPS) is 11.7. The molecule has 282 valence electrons. The number of rotatable bonds is 17. The number of aliphatic hydroxyl groups excluding tert-OH is 2. The first-order valence-corrected chi connectivity index (χ1v) is 19.3. The second-order valence-corrected chi connectivity index (χ2v) is 15.2. The molecule has 0 fully saturated rings. The maximum Gasteiger partial charge on any atom is 1.00 e. The topological polar surface area (TPSA) is 326 Å². The van der Waals surface area contributed by atoms with Gasteiger partial charge in [-0.15, -0.1) is 10.2 Å². The van der Waals surface area contributed by atoms with E-state index in [1.54, 1.807) is 0 Å². The van der Waals surface area contributed by atoms with Crippen LogP contribution in [-0.2, 0) is 36.9 Å². The second kappa shape index (κ2) is 21.8. The fraction of sp³-hybridized carbons (Fsp3) is 0.321. The monoisotopic (exact) mass is 851 g/mol. The Labute approximate surface area is 383 Å². The van der Waals surface area contributed by atoms with E-state index < -0.39 is 57.3 Å². The van der Waals surface area contributed by atoms with E-state index in [0.29, 0.717) is 5.56 Å². The number of fused-ring (bicyclic) bond motifs is 1. The fourth-order valence-electron chi connectivity index (χ4n) is 4.83. The van der Waals surface area contributed by atoms with Gasteiger partial charge in [0.25, 0.3) is 0 Å². The molecule has 3 aromatic carbocycles. The summed E-state index contributed by atoms with van der Waals surface area (Å²) < 4.78 is 105. The average Bonchev–Trinajstić information content (AvgIpc) is 3.05. The number of nitrogens with one attached hydrogen (secondary N) is 2. The van der Waals surface area contributed by atoms with Gasteiger partial charge >= 0.3 is 88.7 Å². The summed E-state index contributed by atoms with van der Waals surface area (Å²) in [4.78, 5) is 14.3. The van der Waals surface area contributed by atoms with Gasteiger partial charge in [-0.05, 0) is 41.3 Å². The van der Waals surface area contributed by atoms with Crippen LogP contribution in [0.3, 0.4) is 0 Å². The molecule has 55 heavy (non-hydrogen) atoms. The molecular weight excluding hydrogens is 820 g/mol. The summed E-state index contributed by atoms with van der Waals surface area (Å²) in [7, 11) is -11.6. The molecule has 0 aliphatic heterocycles. The van der Waals surface area contributed by atoms with Crippen molar-refractivity contribution in [1.82, 2.24) is 15.0 Å². The summed E-state index contributed by atoms with van der Waals surface area (Å²) in [5.41, 5.74) is 0.112. The van der Waals surface area contributed by atoms with Gasteiger partial charge in [0.15, 0.2) is 0 Å². The van der Waals surface area contributed by atoms with E-state index in [4.69, 9.17) is 0 Å². The van der Waals surface area contributed by atoms with E-state index in [9.17, 15) is 54.2 Å². The number of hydrogen-bond acceptors (Lipinski definition) is 21. The quantitative estimate of drug-likeness (QED) is 0.0374. The van der Waals surface area contributed by atoms with Crippen molar-refractivity contribution < 1.29 is 143 Å². The van der Waals surface area contributed by atoms with Gasteiger partial charge in [-0.25, -0.2) is 25.3 Å². The SMILES string of the molecule is CNc1ccc2cc(S(=O)(=O)[O-])cc(O)c2c1N=Nc1cc(CN(C)c2nc(NCCS(=O)(=O)[O-])nc(N(CCO)CCO)n2)ccc1S(=O)(=O)[O-].[Na+].[Na+].[Na+]. The van der Waals surface area contributed by atoms with Gasteiger partial charge in [0.1, 0.15) is 37.4 Å². The summed E-state index contributed by atoms with van der Waals surface area (Å²) in [5.74, 6) is -1.60. The van der Waals surface area contributed by atoms with Crippen molar-refractivity contribution in [3.8, 4) is 5.75 Å². The molecule has 0 atom stereocenters. The Balaban J connectivity index is 0.00000504. The standard InChI is InChI=1S/C28H35N9O12S3.3Na/c1-29-20-5-4-18-14-19(51(44,45)46)15-22(40)24(18)25(20)35-34-21-13-17(3-6-23(21)52(47,48)49)16-36(2)27-31-26(30-7-12-50(41,42)43)32-28(33-27)37(8-10-38)9-11-39;;;/h3-6,13-15,29,38-40H,7-12,16H2,1-2H3,(H,41,42,43)(H,44,45,46)(H,47,48,49)(H,30,31,32,33);;;/q;3*+1/p-3. The minimum Gasteiger partial charge on any atom is -0.748 e. The summed E-state index contributed by atoms with van der Waals surface area (Å²) in [5, 5.41) is 43.3. The molecule has 0 unspecified atom stereocenters. The summed E-state index contributed by atoms with van der Waals surface area (Å²) in [6, 6.07) is 8.17. The van der Waals surface area contributed by atoms with Gasteiger partial charge in [-0.1, -0.05) is 12.1 Å². The predicted molar refractivity (Wildman–Crippen MR) is 183 cm³/mol. The molecule has 0 spiro atoms. The Morgan fingerprint density at radius 1 is 0.818 bits per heavy atom. The van der Waals surface area contributed by atoms with E-state index in [-0.39, 0.29) is 168 Å². The van der Waals surface area contributed by atoms with Crippen LogP contribution in [0.25, 0.3) is 10.8 Å². The zero-order chi connectivity index (χ0) is 38.4. The molecule has 4 rings (SSSR count).